The minimum absolute atomic E-state index is 0.0501. The van der Waals surface area contributed by atoms with E-state index in [1.165, 1.54) is 25.3 Å². The molecule has 1 aromatic rings. The topological polar surface area (TPSA) is 35.5 Å². The summed E-state index contributed by atoms with van der Waals surface area (Å²) in [4.78, 5) is 11.3. The van der Waals surface area contributed by atoms with Crippen molar-refractivity contribution in [3.63, 3.8) is 0 Å². The molecular weight excluding hydrogens is 305 g/mol. The van der Waals surface area contributed by atoms with E-state index in [4.69, 9.17) is 0 Å². The van der Waals surface area contributed by atoms with Crippen LogP contribution >= 0.6 is 15.9 Å². The second-order valence-electron chi connectivity index (χ2n) is 3.04. The lowest BCUT2D eigenvalue weighted by atomic mass is 10.2. The summed E-state index contributed by atoms with van der Waals surface area (Å²) in [6, 6.07) is 3.92. The number of alkyl halides is 3. The van der Waals surface area contributed by atoms with Gasteiger partial charge >= 0.3 is 12.1 Å². The Morgan fingerprint density at radius 3 is 2.59 bits per heavy atom. The minimum Gasteiger partial charge on any atom is -0.484 e. The molecule has 0 bridgehead atoms. The summed E-state index contributed by atoms with van der Waals surface area (Å²) in [6.07, 6.45) is -4.42. The van der Waals surface area contributed by atoms with Gasteiger partial charge in [-0.1, -0.05) is 0 Å². The number of carbonyl (C=O) groups is 1. The van der Waals surface area contributed by atoms with Crippen molar-refractivity contribution in [3.8, 4) is 5.75 Å². The highest BCUT2D eigenvalue weighted by molar-refractivity contribution is 9.10. The van der Waals surface area contributed by atoms with Gasteiger partial charge in [-0.05, 0) is 34.1 Å². The zero-order chi connectivity index (χ0) is 13.1. The molecule has 0 atom stereocenters. The highest BCUT2D eigenvalue weighted by Gasteiger charge is 2.28. The van der Waals surface area contributed by atoms with Gasteiger partial charge in [0.25, 0.3) is 0 Å². The van der Waals surface area contributed by atoms with Gasteiger partial charge in [0.1, 0.15) is 5.75 Å². The molecule has 0 radical (unpaired) electrons. The van der Waals surface area contributed by atoms with Crippen molar-refractivity contribution in [1.29, 1.82) is 0 Å². The summed E-state index contributed by atoms with van der Waals surface area (Å²) in [5.74, 6) is -0.708. The molecule has 0 aliphatic rings. The van der Waals surface area contributed by atoms with E-state index in [0.29, 0.717) is 4.47 Å². The number of ether oxygens (including phenoxy) is 2. The van der Waals surface area contributed by atoms with E-state index in [-0.39, 0.29) is 11.3 Å². The summed E-state index contributed by atoms with van der Waals surface area (Å²) >= 11 is 3.08. The van der Waals surface area contributed by atoms with Crippen molar-refractivity contribution in [2.24, 2.45) is 0 Å². The van der Waals surface area contributed by atoms with Crippen LogP contribution in [0.3, 0.4) is 0 Å². The fraction of sp³-hybridized carbons (Fsp3) is 0.300. The monoisotopic (exact) mass is 312 g/mol. The number of hydrogen-bond acceptors (Lipinski definition) is 3. The molecule has 94 valence electrons. The second kappa shape index (κ2) is 5.39. The first-order valence-electron chi connectivity index (χ1n) is 4.41. The molecule has 1 rings (SSSR count). The third-order valence-corrected chi connectivity index (χ3v) is 2.44. The highest BCUT2D eigenvalue weighted by Crippen LogP contribution is 2.25. The van der Waals surface area contributed by atoms with Crippen LogP contribution in [-0.2, 0) is 4.74 Å². The molecule has 0 aliphatic carbocycles. The molecule has 0 aromatic heterocycles. The summed E-state index contributed by atoms with van der Waals surface area (Å²) in [5, 5.41) is 0. The normalized spacial score (nSPS) is 11.1. The Kier molecular flexibility index (Phi) is 4.39. The van der Waals surface area contributed by atoms with Crippen molar-refractivity contribution in [1.82, 2.24) is 0 Å². The van der Waals surface area contributed by atoms with Gasteiger partial charge in [0.2, 0.25) is 0 Å². The Morgan fingerprint density at radius 1 is 1.41 bits per heavy atom. The fourth-order valence-corrected chi connectivity index (χ4v) is 1.43. The van der Waals surface area contributed by atoms with Gasteiger partial charge in [-0.15, -0.1) is 0 Å². The molecule has 7 heteroatoms. The Labute approximate surface area is 104 Å². The average molecular weight is 313 g/mol. The molecule has 1 aromatic carbocycles. The molecule has 0 amide bonds. The molecule has 17 heavy (non-hydrogen) atoms. The number of halogens is 4. The van der Waals surface area contributed by atoms with E-state index >= 15 is 0 Å². The fourth-order valence-electron chi connectivity index (χ4n) is 1.03. The number of benzene rings is 1. The van der Waals surface area contributed by atoms with Crippen LogP contribution in [0.25, 0.3) is 0 Å². The largest absolute Gasteiger partial charge is 0.484 e. The summed E-state index contributed by atoms with van der Waals surface area (Å²) in [6.45, 7) is -1.41. The maximum Gasteiger partial charge on any atom is 0.422 e. The smallest absolute Gasteiger partial charge is 0.422 e. The Balaban J connectivity index is 2.86. The Bertz CT molecular complexity index is 418. The van der Waals surface area contributed by atoms with Crippen molar-refractivity contribution in [2.45, 2.75) is 6.18 Å². The zero-order valence-electron chi connectivity index (χ0n) is 8.68. The van der Waals surface area contributed by atoms with E-state index in [2.05, 4.69) is 25.4 Å². The van der Waals surface area contributed by atoms with Gasteiger partial charge in [0.05, 0.1) is 12.7 Å². The first-order valence-corrected chi connectivity index (χ1v) is 5.20. The number of esters is 1. The predicted octanol–water partition coefficient (Wildman–Crippen LogP) is 3.18. The molecule has 0 saturated carbocycles. The van der Waals surface area contributed by atoms with E-state index in [0.717, 1.165) is 0 Å². The molecule has 0 heterocycles. The van der Waals surface area contributed by atoms with Crippen LogP contribution < -0.4 is 4.74 Å². The Morgan fingerprint density at radius 2 is 2.06 bits per heavy atom. The van der Waals surface area contributed by atoms with Crippen molar-refractivity contribution < 1.29 is 27.4 Å². The molecule has 0 aliphatic heterocycles. The number of hydrogen-bond donors (Lipinski definition) is 0. The number of carbonyl (C=O) groups excluding carboxylic acids is 1. The average Bonchev–Trinajstić information content (AvgIpc) is 2.26. The van der Waals surface area contributed by atoms with Crippen LogP contribution in [0, 0.1) is 0 Å². The molecule has 0 fully saturated rings. The number of rotatable bonds is 3. The summed E-state index contributed by atoms with van der Waals surface area (Å²) < 4.78 is 45.2. The highest BCUT2D eigenvalue weighted by atomic mass is 79.9. The van der Waals surface area contributed by atoms with Crippen molar-refractivity contribution >= 4 is 21.9 Å². The van der Waals surface area contributed by atoms with Crippen LogP contribution in [0.2, 0.25) is 0 Å². The lowest BCUT2D eigenvalue weighted by Crippen LogP contribution is -2.19. The van der Waals surface area contributed by atoms with Crippen LogP contribution in [0.5, 0.6) is 5.75 Å². The third kappa shape index (κ3) is 4.26. The lowest BCUT2D eigenvalue weighted by Gasteiger charge is -2.10. The molecular formula is C10H8BrF3O3. The molecule has 3 nitrogen and oxygen atoms in total. The SMILES string of the molecule is COC(=O)c1cc(OCC(F)(F)F)ccc1Br. The second-order valence-corrected chi connectivity index (χ2v) is 3.89. The lowest BCUT2D eigenvalue weighted by molar-refractivity contribution is -0.153. The third-order valence-electron chi connectivity index (χ3n) is 1.75. The van der Waals surface area contributed by atoms with E-state index in [9.17, 15) is 18.0 Å². The van der Waals surface area contributed by atoms with Crippen LogP contribution in [-0.4, -0.2) is 25.9 Å². The Hall–Kier alpha value is -1.24. The van der Waals surface area contributed by atoms with Gasteiger partial charge in [-0.25, -0.2) is 4.79 Å². The standard InChI is InChI=1S/C10H8BrF3O3/c1-16-9(15)7-4-6(2-3-8(7)11)17-5-10(12,13)14/h2-4H,5H2,1H3. The van der Waals surface area contributed by atoms with Gasteiger partial charge in [-0.2, -0.15) is 13.2 Å². The van der Waals surface area contributed by atoms with Gasteiger partial charge in [-0.3, -0.25) is 0 Å². The summed E-state index contributed by atoms with van der Waals surface area (Å²) in [7, 11) is 1.18. The first-order chi connectivity index (χ1) is 7.83. The molecule has 0 unspecified atom stereocenters. The molecule has 0 N–H and O–H groups in total. The van der Waals surface area contributed by atoms with Gasteiger partial charge < -0.3 is 9.47 Å². The van der Waals surface area contributed by atoms with Crippen molar-refractivity contribution in [2.75, 3.05) is 13.7 Å². The summed E-state index contributed by atoms with van der Waals surface area (Å²) in [5.41, 5.74) is 0.104. The van der Waals surface area contributed by atoms with Crippen LogP contribution in [0.1, 0.15) is 10.4 Å². The quantitative estimate of drug-likeness (QED) is 0.804. The van der Waals surface area contributed by atoms with Gasteiger partial charge in [0.15, 0.2) is 6.61 Å². The van der Waals surface area contributed by atoms with Crippen molar-refractivity contribution in [3.05, 3.63) is 28.2 Å². The number of methoxy groups -OCH3 is 1. The first kappa shape index (κ1) is 13.8. The van der Waals surface area contributed by atoms with Gasteiger partial charge in [0, 0.05) is 4.47 Å². The minimum atomic E-state index is -4.42. The van der Waals surface area contributed by atoms with E-state index in [1.807, 2.05) is 0 Å². The van der Waals surface area contributed by atoms with Crippen LogP contribution in [0.15, 0.2) is 22.7 Å². The molecule has 0 saturated heterocycles. The maximum atomic E-state index is 11.9. The maximum absolute atomic E-state index is 11.9. The predicted molar refractivity (Wildman–Crippen MR) is 57.0 cm³/mol. The van der Waals surface area contributed by atoms with Crippen LogP contribution in [0.4, 0.5) is 13.2 Å². The van der Waals surface area contributed by atoms with E-state index in [1.54, 1.807) is 0 Å². The van der Waals surface area contributed by atoms with E-state index < -0.39 is 18.8 Å². The molecule has 0 spiro atoms. The zero-order valence-corrected chi connectivity index (χ0v) is 10.3.